The standard InChI is InChI=1S/C12H16FN3O/c13-10-7-9(8-14)1-2-11(10)16-5-3-12(17)15-4-6-16/h1-2,7H,3-6,8,14H2,(H,15,17). The van der Waals surface area contributed by atoms with Gasteiger partial charge in [-0.05, 0) is 17.7 Å². The van der Waals surface area contributed by atoms with Gasteiger partial charge in [0, 0.05) is 32.6 Å². The molecule has 17 heavy (non-hydrogen) atoms. The first kappa shape index (κ1) is 11.9. The number of hydrogen-bond donors (Lipinski definition) is 2. The fourth-order valence-corrected chi connectivity index (χ4v) is 1.94. The monoisotopic (exact) mass is 237 g/mol. The third kappa shape index (κ3) is 2.74. The number of benzene rings is 1. The van der Waals surface area contributed by atoms with E-state index in [1.54, 1.807) is 6.07 Å². The number of carbonyl (C=O) groups is 1. The first-order chi connectivity index (χ1) is 8.20. The van der Waals surface area contributed by atoms with E-state index >= 15 is 0 Å². The molecule has 2 rings (SSSR count). The molecule has 4 nitrogen and oxygen atoms in total. The summed E-state index contributed by atoms with van der Waals surface area (Å²) < 4.78 is 13.8. The molecule has 92 valence electrons. The minimum Gasteiger partial charge on any atom is -0.367 e. The molecular formula is C12H16FN3O. The molecule has 1 heterocycles. The molecule has 0 unspecified atom stereocenters. The first-order valence-electron chi connectivity index (χ1n) is 5.71. The lowest BCUT2D eigenvalue weighted by atomic mass is 10.2. The second-order valence-electron chi connectivity index (χ2n) is 4.08. The van der Waals surface area contributed by atoms with Crippen LogP contribution in [0.1, 0.15) is 12.0 Å². The molecule has 0 aliphatic carbocycles. The van der Waals surface area contributed by atoms with Crippen molar-refractivity contribution in [2.45, 2.75) is 13.0 Å². The van der Waals surface area contributed by atoms with Crippen LogP contribution in [0.15, 0.2) is 18.2 Å². The summed E-state index contributed by atoms with van der Waals surface area (Å²) in [4.78, 5) is 13.1. The first-order valence-corrected chi connectivity index (χ1v) is 5.71. The number of hydrogen-bond acceptors (Lipinski definition) is 3. The highest BCUT2D eigenvalue weighted by Gasteiger charge is 2.16. The van der Waals surface area contributed by atoms with Crippen LogP contribution >= 0.6 is 0 Å². The minimum absolute atomic E-state index is 0.0199. The number of nitrogens with two attached hydrogens (primary N) is 1. The van der Waals surface area contributed by atoms with Gasteiger partial charge in [-0.2, -0.15) is 0 Å². The second-order valence-corrected chi connectivity index (χ2v) is 4.08. The molecule has 1 saturated heterocycles. The summed E-state index contributed by atoms with van der Waals surface area (Å²) in [5.41, 5.74) is 6.77. The summed E-state index contributed by atoms with van der Waals surface area (Å²) in [6.45, 7) is 2.06. The molecule has 0 saturated carbocycles. The normalized spacial score (nSPS) is 16.6. The van der Waals surface area contributed by atoms with E-state index in [1.165, 1.54) is 6.07 Å². The molecular weight excluding hydrogens is 221 g/mol. The lowest BCUT2D eigenvalue weighted by Gasteiger charge is -2.22. The summed E-state index contributed by atoms with van der Waals surface area (Å²) >= 11 is 0. The molecule has 1 amide bonds. The van der Waals surface area contributed by atoms with Crippen LogP contribution in [-0.4, -0.2) is 25.5 Å². The maximum atomic E-state index is 13.8. The Hall–Kier alpha value is -1.62. The van der Waals surface area contributed by atoms with Crippen molar-refractivity contribution < 1.29 is 9.18 Å². The smallest absolute Gasteiger partial charge is 0.221 e. The minimum atomic E-state index is -0.276. The number of rotatable bonds is 2. The Morgan fingerprint density at radius 3 is 2.94 bits per heavy atom. The van der Waals surface area contributed by atoms with Crippen molar-refractivity contribution in [1.29, 1.82) is 0 Å². The van der Waals surface area contributed by atoms with Crippen molar-refractivity contribution in [2.75, 3.05) is 24.5 Å². The highest BCUT2D eigenvalue weighted by molar-refractivity contribution is 5.77. The molecule has 1 aromatic carbocycles. The number of halogens is 1. The van der Waals surface area contributed by atoms with Crippen LogP contribution in [0.5, 0.6) is 0 Å². The van der Waals surface area contributed by atoms with Gasteiger partial charge in [0.1, 0.15) is 5.82 Å². The highest BCUT2D eigenvalue weighted by atomic mass is 19.1. The summed E-state index contributed by atoms with van der Waals surface area (Å²) in [6.07, 6.45) is 0.401. The molecule has 0 bridgehead atoms. The Kier molecular flexibility index (Phi) is 3.58. The molecule has 0 spiro atoms. The largest absolute Gasteiger partial charge is 0.367 e. The van der Waals surface area contributed by atoms with Gasteiger partial charge < -0.3 is 16.0 Å². The zero-order valence-electron chi connectivity index (χ0n) is 9.58. The summed E-state index contributed by atoms with van der Waals surface area (Å²) in [7, 11) is 0. The van der Waals surface area contributed by atoms with Crippen molar-refractivity contribution in [3.63, 3.8) is 0 Å². The van der Waals surface area contributed by atoms with Gasteiger partial charge in [0.05, 0.1) is 5.69 Å². The van der Waals surface area contributed by atoms with E-state index in [-0.39, 0.29) is 11.7 Å². The SMILES string of the molecule is NCc1ccc(N2CCNC(=O)CC2)c(F)c1. The lowest BCUT2D eigenvalue weighted by Crippen LogP contribution is -2.29. The fraction of sp³-hybridized carbons (Fsp3) is 0.417. The number of amides is 1. The third-order valence-electron chi connectivity index (χ3n) is 2.90. The van der Waals surface area contributed by atoms with Crippen LogP contribution in [0.3, 0.4) is 0 Å². The third-order valence-corrected chi connectivity index (χ3v) is 2.90. The number of carbonyl (C=O) groups excluding carboxylic acids is 1. The zero-order valence-corrected chi connectivity index (χ0v) is 9.58. The van der Waals surface area contributed by atoms with E-state index < -0.39 is 0 Å². The maximum Gasteiger partial charge on any atom is 0.221 e. The Morgan fingerprint density at radius 2 is 2.24 bits per heavy atom. The van der Waals surface area contributed by atoms with Crippen LogP contribution in [0.4, 0.5) is 10.1 Å². The van der Waals surface area contributed by atoms with Crippen molar-refractivity contribution in [1.82, 2.24) is 5.32 Å². The molecule has 0 radical (unpaired) electrons. The maximum absolute atomic E-state index is 13.8. The number of anilines is 1. The van der Waals surface area contributed by atoms with Gasteiger partial charge in [-0.3, -0.25) is 4.79 Å². The van der Waals surface area contributed by atoms with E-state index in [9.17, 15) is 9.18 Å². The second kappa shape index (κ2) is 5.14. The number of nitrogens with zero attached hydrogens (tertiary/aromatic N) is 1. The van der Waals surface area contributed by atoms with Crippen LogP contribution < -0.4 is 16.0 Å². The van der Waals surface area contributed by atoms with Crippen LogP contribution in [-0.2, 0) is 11.3 Å². The highest BCUT2D eigenvalue weighted by Crippen LogP contribution is 2.21. The van der Waals surface area contributed by atoms with E-state index in [0.29, 0.717) is 38.3 Å². The van der Waals surface area contributed by atoms with Crippen molar-refractivity contribution in [3.8, 4) is 0 Å². The molecule has 0 atom stereocenters. The van der Waals surface area contributed by atoms with Crippen LogP contribution in [0.25, 0.3) is 0 Å². The quantitative estimate of drug-likeness (QED) is 0.792. The summed E-state index contributed by atoms with van der Waals surface area (Å²) in [6, 6.07) is 5.00. The Balaban J connectivity index is 2.18. The molecule has 0 aromatic heterocycles. The van der Waals surface area contributed by atoms with E-state index in [0.717, 1.165) is 5.56 Å². The van der Waals surface area contributed by atoms with Crippen molar-refractivity contribution in [3.05, 3.63) is 29.6 Å². The molecule has 1 aromatic rings. The van der Waals surface area contributed by atoms with Gasteiger partial charge in [-0.15, -0.1) is 0 Å². The van der Waals surface area contributed by atoms with Crippen molar-refractivity contribution in [2.24, 2.45) is 5.73 Å². The molecule has 1 aliphatic heterocycles. The van der Waals surface area contributed by atoms with Crippen LogP contribution in [0, 0.1) is 5.82 Å². The average Bonchev–Trinajstić information content (AvgIpc) is 2.54. The van der Waals surface area contributed by atoms with Gasteiger partial charge in [-0.25, -0.2) is 4.39 Å². The number of nitrogens with one attached hydrogen (secondary N) is 1. The zero-order chi connectivity index (χ0) is 12.3. The predicted octanol–water partition coefficient (Wildman–Crippen LogP) is 0.611. The fourth-order valence-electron chi connectivity index (χ4n) is 1.94. The van der Waals surface area contributed by atoms with Crippen molar-refractivity contribution >= 4 is 11.6 Å². The van der Waals surface area contributed by atoms with Gasteiger partial charge in [0.25, 0.3) is 0 Å². The molecule has 5 heteroatoms. The molecule has 1 aliphatic rings. The Bertz CT molecular complexity index is 422. The summed E-state index contributed by atoms with van der Waals surface area (Å²) in [5, 5.41) is 2.76. The Morgan fingerprint density at radius 1 is 1.41 bits per heavy atom. The van der Waals surface area contributed by atoms with E-state index in [2.05, 4.69) is 5.32 Å². The Labute approximate surface area is 99.6 Å². The van der Waals surface area contributed by atoms with Gasteiger partial charge >= 0.3 is 0 Å². The molecule has 3 N–H and O–H groups in total. The van der Waals surface area contributed by atoms with Gasteiger partial charge in [0.15, 0.2) is 0 Å². The molecule has 1 fully saturated rings. The lowest BCUT2D eigenvalue weighted by molar-refractivity contribution is -0.120. The average molecular weight is 237 g/mol. The summed E-state index contributed by atoms with van der Waals surface area (Å²) in [5.74, 6) is -0.256. The van der Waals surface area contributed by atoms with Gasteiger partial charge in [0.2, 0.25) is 5.91 Å². The topological polar surface area (TPSA) is 58.4 Å². The van der Waals surface area contributed by atoms with Gasteiger partial charge in [-0.1, -0.05) is 6.07 Å². The van der Waals surface area contributed by atoms with E-state index in [1.807, 2.05) is 11.0 Å². The van der Waals surface area contributed by atoms with Crippen LogP contribution in [0.2, 0.25) is 0 Å². The predicted molar refractivity (Wildman–Crippen MR) is 64.1 cm³/mol. The van der Waals surface area contributed by atoms with E-state index in [4.69, 9.17) is 5.73 Å².